The van der Waals surface area contributed by atoms with Crippen LogP contribution in [-0.4, -0.2) is 61.0 Å². The quantitative estimate of drug-likeness (QED) is 0.590. The summed E-state index contributed by atoms with van der Waals surface area (Å²) in [7, 11) is 0.687. The van der Waals surface area contributed by atoms with Gasteiger partial charge in [-0.05, 0) is 24.3 Å². The van der Waals surface area contributed by atoms with E-state index in [1.807, 2.05) is 20.2 Å². The molecule has 2 aromatic carbocycles. The Bertz CT molecular complexity index is 906. The average molecular weight is 430 g/mol. The van der Waals surface area contributed by atoms with Crippen molar-refractivity contribution in [3.8, 4) is 0 Å². The van der Waals surface area contributed by atoms with Gasteiger partial charge in [-0.1, -0.05) is 36.4 Å². The summed E-state index contributed by atoms with van der Waals surface area (Å²) in [6.07, 6.45) is 1.43. The Morgan fingerprint density at radius 3 is 2.30 bits per heavy atom. The van der Waals surface area contributed by atoms with E-state index in [2.05, 4.69) is 69.6 Å². The van der Waals surface area contributed by atoms with E-state index in [4.69, 9.17) is 0 Å². The molecule has 1 fully saturated rings. The molecule has 7 heteroatoms. The third kappa shape index (κ3) is 5.84. The van der Waals surface area contributed by atoms with Crippen LogP contribution in [0.25, 0.3) is 0 Å². The van der Waals surface area contributed by atoms with Crippen molar-refractivity contribution in [3.63, 3.8) is 0 Å². The van der Waals surface area contributed by atoms with Crippen LogP contribution in [0.3, 0.4) is 0 Å². The van der Waals surface area contributed by atoms with Crippen molar-refractivity contribution < 1.29 is 13.3 Å². The van der Waals surface area contributed by atoms with Crippen LogP contribution in [0, 0.1) is 0 Å². The topological polar surface area (TPSA) is 57.1 Å². The number of nitrogens with zero attached hydrogens (tertiary/aromatic N) is 2. The number of sulfonamides is 1. The average Bonchev–Trinajstić information content (AvgIpc) is 2.75. The zero-order chi connectivity index (χ0) is 21.6. The molecular weight excluding hydrogens is 396 g/mol. The minimum atomic E-state index is -3.35. The molecular formula is C23H33N4O2S+. The maximum absolute atomic E-state index is 12.2. The van der Waals surface area contributed by atoms with E-state index in [0.29, 0.717) is 6.54 Å². The highest BCUT2D eigenvalue weighted by molar-refractivity contribution is 7.89. The largest absolute Gasteiger partial charge is 0.378 e. The summed E-state index contributed by atoms with van der Waals surface area (Å²) in [6, 6.07) is 19.0. The van der Waals surface area contributed by atoms with Crippen LogP contribution in [0.2, 0.25) is 0 Å². The summed E-state index contributed by atoms with van der Waals surface area (Å²) in [4.78, 5) is 5.87. The fourth-order valence-electron chi connectivity index (χ4n) is 3.97. The summed E-state index contributed by atoms with van der Waals surface area (Å²) in [5.41, 5.74) is 3.54. The van der Waals surface area contributed by atoms with Crippen molar-refractivity contribution in [1.29, 1.82) is 0 Å². The van der Waals surface area contributed by atoms with Gasteiger partial charge >= 0.3 is 0 Å². The predicted molar refractivity (Wildman–Crippen MR) is 125 cm³/mol. The Hall–Kier alpha value is -2.35. The van der Waals surface area contributed by atoms with E-state index < -0.39 is 10.0 Å². The number of hydrogen-bond donors (Lipinski definition) is 2. The van der Waals surface area contributed by atoms with Crippen molar-refractivity contribution in [2.24, 2.45) is 0 Å². The highest BCUT2D eigenvalue weighted by Gasteiger charge is 2.29. The molecule has 0 spiro atoms. The van der Waals surface area contributed by atoms with E-state index >= 15 is 0 Å². The van der Waals surface area contributed by atoms with Gasteiger partial charge in [0.2, 0.25) is 10.0 Å². The molecule has 0 saturated carbocycles. The molecule has 162 valence electrons. The maximum atomic E-state index is 12.2. The smallest absolute Gasteiger partial charge is 0.215 e. The van der Waals surface area contributed by atoms with Crippen LogP contribution >= 0.6 is 0 Å². The first-order valence-corrected chi connectivity index (χ1v) is 12.0. The Labute approximate surface area is 180 Å². The Balaban J connectivity index is 1.74. The second kappa shape index (κ2) is 10.1. The molecule has 2 N–H and O–H groups in total. The first kappa shape index (κ1) is 22.3. The molecule has 30 heavy (non-hydrogen) atoms. The fraction of sp³-hybridized carbons (Fsp3) is 0.391. The monoisotopic (exact) mass is 429 g/mol. The Morgan fingerprint density at radius 2 is 1.73 bits per heavy atom. The van der Waals surface area contributed by atoms with Crippen LogP contribution in [0.4, 0.5) is 11.4 Å². The van der Waals surface area contributed by atoms with E-state index in [1.54, 1.807) is 0 Å². The molecule has 1 heterocycles. The van der Waals surface area contributed by atoms with Crippen molar-refractivity contribution >= 4 is 21.4 Å². The second-order valence-electron chi connectivity index (χ2n) is 7.94. The van der Waals surface area contributed by atoms with Gasteiger partial charge in [-0.2, -0.15) is 0 Å². The van der Waals surface area contributed by atoms with Crippen molar-refractivity contribution in [2.75, 3.05) is 62.4 Å². The van der Waals surface area contributed by atoms with Crippen LogP contribution < -0.4 is 19.4 Å². The van der Waals surface area contributed by atoms with Gasteiger partial charge in [0.1, 0.15) is 6.04 Å². The Morgan fingerprint density at radius 1 is 1.10 bits per heavy atom. The number of para-hydroxylation sites is 1. The molecule has 2 aromatic rings. The Kier molecular flexibility index (Phi) is 7.53. The van der Waals surface area contributed by atoms with Gasteiger partial charge in [-0.3, -0.25) is 0 Å². The lowest BCUT2D eigenvalue weighted by Gasteiger charge is -2.38. The van der Waals surface area contributed by atoms with Gasteiger partial charge in [-0.25, -0.2) is 13.1 Å². The summed E-state index contributed by atoms with van der Waals surface area (Å²) in [6.45, 7) is 7.75. The molecule has 0 radical (unpaired) electrons. The van der Waals surface area contributed by atoms with E-state index in [1.165, 1.54) is 16.7 Å². The number of hydrogen-bond acceptors (Lipinski definition) is 4. The van der Waals surface area contributed by atoms with Gasteiger partial charge in [0, 0.05) is 31.0 Å². The number of anilines is 2. The number of benzene rings is 2. The van der Waals surface area contributed by atoms with Crippen LogP contribution in [0.15, 0.2) is 67.3 Å². The van der Waals surface area contributed by atoms with Crippen molar-refractivity contribution in [3.05, 3.63) is 72.8 Å². The summed E-state index contributed by atoms with van der Waals surface area (Å²) in [5, 5.41) is 0. The zero-order valence-electron chi connectivity index (χ0n) is 17.9. The highest BCUT2D eigenvalue weighted by atomic mass is 32.2. The lowest BCUT2D eigenvalue weighted by atomic mass is 10.0. The molecule has 0 amide bonds. The minimum absolute atomic E-state index is 0.0591. The fourth-order valence-corrected chi connectivity index (χ4v) is 4.82. The normalized spacial score (nSPS) is 16.3. The minimum Gasteiger partial charge on any atom is -0.378 e. The van der Waals surface area contributed by atoms with Gasteiger partial charge in [0.15, 0.2) is 0 Å². The van der Waals surface area contributed by atoms with E-state index in [-0.39, 0.29) is 11.8 Å². The van der Waals surface area contributed by atoms with Gasteiger partial charge in [0.05, 0.1) is 38.5 Å². The lowest BCUT2D eigenvalue weighted by molar-refractivity contribution is -0.930. The maximum Gasteiger partial charge on any atom is 0.215 e. The van der Waals surface area contributed by atoms with E-state index in [0.717, 1.165) is 37.4 Å². The standard InChI is InChI=1S/C23H32N4O2S/c1-4-18-30(28,29)24-19-23(20-10-12-21(13-11-20)25(2)3)27-16-14-26(15-17-27)22-8-6-5-7-9-22/h4-13,23-24H,1,14-19H2,2-3H3/p+1/t23-/m0/s1. The van der Waals surface area contributed by atoms with Gasteiger partial charge in [-0.15, -0.1) is 6.58 Å². The molecule has 0 unspecified atom stereocenters. The van der Waals surface area contributed by atoms with Crippen molar-refractivity contribution in [1.82, 2.24) is 4.72 Å². The molecule has 1 atom stereocenters. The number of rotatable bonds is 9. The summed E-state index contributed by atoms with van der Waals surface area (Å²) in [5.74, 6) is -0.0591. The van der Waals surface area contributed by atoms with E-state index in [9.17, 15) is 8.42 Å². The first-order chi connectivity index (χ1) is 14.4. The van der Waals surface area contributed by atoms with Crippen LogP contribution in [0.1, 0.15) is 11.6 Å². The molecule has 1 aliphatic heterocycles. The number of piperazine rings is 1. The highest BCUT2D eigenvalue weighted by Crippen LogP contribution is 2.18. The van der Waals surface area contributed by atoms with Crippen molar-refractivity contribution in [2.45, 2.75) is 6.04 Å². The van der Waals surface area contributed by atoms with Gasteiger partial charge in [0.25, 0.3) is 0 Å². The zero-order valence-corrected chi connectivity index (χ0v) is 18.7. The molecule has 0 aromatic heterocycles. The summed E-state index contributed by atoms with van der Waals surface area (Å²) >= 11 is 0. The summed E-state index contributed by atoms with van der Waals surface area (Å²) < 4.78 is 27.2. The molecule has 3 rings (SSSR count). The second-order valence-corrected chi connectivity index (χ2v) is 9.79. The third-order valence-corrected chi connectivity index (χ3v) is 6.96. The number of nitrogens with one attached hydrogen (secondary N) is 2. The first-order valence-electron chi connectivity index (χ1n) is 10.4. The molecule has 1 aliphatic rings. The molecule has 6 nitrogen and oxygen atoms in total. The SMILES string of the molecule is C=CCS(=O)(=O)NC[C@@H](c1ccc(N(C)C)cc1)[NH+]1CCN(c2ccccc2)CC1. The third-order valence-electron chi connectivity index (χ3n) is 5.68. The lowest BCUT2D eigenvalue weighted by Crippen LogP contribution is -3.15. The molecule has 1 saturated heterocycles. The molecule has 0 aliphatic carbocycles. The van der Waals surface area contributed by atoms with Gasteiger partial charge < -0.3 is 14.7 Å². The number of quaternary nitrogens is 1. The molecule has 0 bridgehead atoms. The predicted octanol–water partition coefficient (Wildman–Crippen LogP) is 1.30. The van der Waals surface area contributed by atoms with Crippen LogP contribution in [0.5, 0.6) is 0 Å². The van der Waals surface area contributed by atoms with Crippen LogP contribution in [-0.2, 0) is 10.0 Å².